The van der Waals surface area contributed by atoms with Gasteiger partial charge in [-0.1, -0.05) is 32.0 Å². The first-order valence-electron chi connectivity index (χ1n) is 8.77. The second kappa shape index (κ2) is 8.09. The summed E-state index contributed by atoms with van der Waals surface area (Å²) in [6, 6.07) is 6.66. The van der Waals surface area contributed by atoms with E-state index in [-0.39, 0.29) is 11.7 Å². The van der Waals surface area contributed by atoms with E-state index in [1.807, 2.05) is 0 Å². The molecule has 3 aromatic rings. The van der Waals surface area contributed by atoms with E-state index >= 15 is 0 Å². The van der Waals surface area contributed by atoms with Crippen molar-refractivity contribution in [2.45, 2.75) is 32.7 Å². The summed E-state index contributed by atoms with van der Waals surface area (Å²) in [7, 11) is 0. The Morgan fingerprint density at radius 1 is 1.15 bits per heavy atom. The fourth-order valence-corrected chi connectivity index (χ4v) is 2.65. The summed E-state index contributed by atoms with van der Waals surface area (Å²) in [6.45, 7) is 5.73. The molecule has 0 amide bonds. The Balaban J connectivity index is 1.92. The zero-order chi connectivity index (χ0) is 18.5. The molecule has 0 radical (unpaired) electrons. The van der Waals surface area contributed by atoms with Crippen molar-refractivity contribution in [2.75, 3.05) is 23.7 Å². The van der Waals surface area contributed by atoms with Crippen molar-refractivity contribution in [2.24, 2.45) is 5.73 Å². The SMILES string of the molecule is CC(C)c1[nH]nc2c(NCc3ccccc3F)nc(NCCCN)nc12. The summed E-state index contributed by atoms with van der Waals surface area (Å²) in [6.07, 6.45) is 0.821. The Morgan fingerprint density at radius 3 is 2.69 bits per heavy atom. The van der Waals surface area contributed by atoms with Gasteiger partial charge in [-0.25, -0.2) is 9.37 Å². The second-order valence-electron chi connectivity index (χ2n) is 6.40. The fourth-order valence-electron chi connectivity index (χ4n) is 2.65. The van der Waals surface area contributed by atoms with Crippen LogP contribution in [0, 0.1) is 5.82 Å². The van der Waals surface area contributed by atoms with Gasteiger partial charge in [0.25, 0.3) is 0 Å². The van der Waals surface area contributed by atoms with E-state index in [0.29, 0.717) is 42.5 Å². The molecule has 8 heteroatoms. The van der Waals surface area contributed by atoms with Crippen LogP contribution in [0.3, 0.4) is 0 Å². The van der Waals surface area contributed by atoms with Crippen LogP contribution >= 0.6 is 0 Å². The predicted octanol–water partition coefficient (Wildman–Crippen LogP) is 2.99. The van der Waals surface area contributed by atoms with Crippen LogP contribution in [0.25, 0.3) is 11.0 Å². The maximum atomic E-state index is 13.9. The number of anilines is 2. The number of rotatable bonds is 8. The average Bonchev–Trinajstić information content (AvgIpc) is 3.05. The number of hydrogen-bond donors (Lipinski definition) is 4. The van der Waals surface area contributed by atoms with Crippen molar-refractivity contribution >= 4 is 22.8 Å². The van der Waals surface area contributed by atoms with Crippen LogP contribution in [0.1, 0.15) is 37.4 Å². The van der Waals surface area contributed by atoms with Gasteiger partial charge in [-0.2, -0.15) is 10.1 Å². The van der Waals surface area contributed by atoms with E-state index in [1.165, 1.54) is 6.07 Å². The van der Waals surface area contributed by atoms with Crippen LogP contribution in [0.5, 0.6) is 0 Å². The normalized spacial score (nSPS) is 11.3. The lowest BCUT2D eigenvalue weighted by molar-refractivity contribution is 0.613. The Bertz CT molecular complexity index is 875. The highest BCUT2D eigenvalue weighted by atomic mass is 19.1. The third-order valence-corrected chi connectivity index (χ3v) is 4.07. The van der Waals surface area contributed by atoms with Crippen LogP contribution in [0.2, 0.25) is 0 Å². The summed E-state index contributed by atoms with van der Waals surface area (Å²) >= 11 is 0. The van der Waals surface area contributed by atoms with Crippen LogP contribution in [0.4, 0.5) is 16.2 Å². The summed E-state index contributed by atoms with van der Waals surface area (Å²) in [5.74, 6) is 1.06. The van der Waals surface area contributed by atoms with Crippen molar-refractivity contribution in [3.8, 4) is 0 Å². The number of H-pyrrole nitrogens is 1. The standard InChI is InChI=1S/C18H24FN7/c1-11(2)14-15-16(26-25-14)17(24-18(23-15)21-9-5-8-20)22-10-12-6-3-4-7-13(12)19/h3-4,6-7,11H,5,8-10,20H2,1-2H3,(H,25,26)(H2,21,22,23,24). The van der Waals surface area contributed by atoms with Gasteiger partial charge in [0.15, 0.2) is 11.3 Å². The lowest BCUT2D eigenvalue weighted by Gasteiger charge is -2.10. The number of fused-ring (bicyclic) bond motifs is 1. The molecule has 138 valence electrons. The number of benzene rings is 1. The molecule has 0 aliphatic heterocycles. The van der Waals surface area contributed by atoms with Crippen molar-refractivity contribution in [3.63, 3.8) is 0 Å². The van der Waals surface area contributed by atoms with Gasteiger partial charge in [-0.15, -0.1) is 0 Å². The molecule has 0 aliphatic rings. The molecule has 0 unspecified atom stereocenters. The molecule has 0 spiro atoms. The van der Waals surface area contributed by atoms with Crippen LogP contribution < -0.4 is 16.4 Å². The predicted molar refractivity (Wildman–Crippen MR) is 102 cm³/mol. The first kappa shape index (κ1) is 18.1. The van der Waals surface area contributed by atoms with E-state index in [4.69, 9.17) is 5.73 Å². The molecule has 0 atom stereocenters. The lowest BCUT2D eigenvalue weighted by atomic mass is 10.1. The molecule has 3 rings (SSSR count). The number of nitrogens with one attached hydrogen (secondary N) is 3. The molecular weight excluding hydrogens is 333 g/mol. The van der Waals surface area contributed by atoms with E-state index in [1.54, 1.807) is 18.2 Å². The molecular formula is C18H24FN7. The highest BCUT2D eigenvalue weighted by Gasteiger charge is 2.17. The zero-order valence-corrected chi connectivity index (χ0v) is 15.0. The van der Waals surface area contributed by atoms with Gasteiger partial charge in [-0.3, -0.25) is 5.10 Å². The molecule has 2 heterocycles. The summed E-state index contributed by atoms with van der Waals surface area (Å²) in [4.78, 5) is 9.10. The Kier molecular flexibility index (Phi) is 5.62. The van der Waals surface area contributed by atoms with Crippen molar-refractivity contribution < 1.29 is 4.39 Å². The molecule has 0 fully saturated rings. The van der Waals surface area contributed by atoms with E-state index in [9.17, 15) is 4.39 Å². The van der Waals surface area contributed by atoms with E-state index in [0.717, 1.165) is 17.6 Å². The number of aromatic nitrogens is 4. The molecule has 7 nitrogen and oxygen atoms in total. The first-order chi connectivity index (χ1) is 12.6. The van der Waals surface area contributed by atoms with Crippen molar-refractivity contribution in [1.82, 2.24) is 20.2 Å². The zero-order valence-electron chi connectivity index (χ0n) is 15.0. The van der Waals surface area contributed by atoms with E-state index in [2.05, 4.69) is 44.6 Å². The van der Waals surface area contributed by atoms with Gasteiger partial charge in [0, 0.05) is 18.7 Å². The molecule has 0 saturated heterocycles. The van der Waals surface area contributed by atoms with Gasteiger partial charge < -0.3 is 16.4 Å². The maximum absolute atomic E-state index is 13.9. The third kappa shape index (κ3) is 3.91. The Hall–Kier alpha value is -2.74. The van der Waals surface area contributed by atoms with Gasteiger partial charge in [0.2, 0.25) is 5.95 Å². The number of nitrogens with two attached hydrogens (primary N) is 1. The Morgan fingerprint density at radius 2 is 1.96 bits per heavy atom. The van der Waals surface area contributed by atoms with Gasteiger partial charge in [0.05, 0.1) is 5.69 Å². The molecule has 2 aromatic heterocycles. The van der Waals surface area contributed by atoms with Gasteiger partial charge in [-0.05, 0) is 24.9 Å². The van der Waals surface area contributed by atoms with Gasteiger partial charge in [0.1, 0.15) is 11.3 Å². The van der Waals surface area contributed by atoms with Crippen LogP contribution in [0.15, 0.2) is 24.3 Å². The maximum Gasteiger partial charge on any atom is 0.225 e. The largest absolute Gasteiger partial charge is 0.364 e. The first-order valence-corrected chi connectivity index (χ1v) is 8.77. The number of nitrogens with zero attached hydrogens (tertiary/aromatic N) is 3. The molecule has 5 N–H and O–H groups in total. The van der Waals surface area contributed by atoms with Crippen molar-refractivity contribution in [3.05, 3.63) is 41.3 Å². The van der Waals surface area contributed by atoms with Crippen molar-refractivity contribution in [1.29, 1.82) is 0 Å². The summed E-state index contributed by atoms with van der Waals surface area (Å²) in [5, 5.41) is 13.8. The van der Waals surface area contributed by atoms with E-state index < -0.39 is 0 Å². The van der Waals surface area contributed by atoms with Crippen LogP contribution in [-0.4, -0.2) is 33.3 Å². The topological polar surface area (TPSA) is 105 Å². The summed E-state index contributed by atoms with van der Waals surface area (Å²) < 4.78 is 13.9. The minimum absolute atomic E-state index is 0.242. The highest BCUT2D eigenvalue weighted by molar-refractivity contribution is 5.88. The monoisotopic (exact) mass is 357 g/mol. The smallest absolute Gasteiger partial charge is 0.225 e. The third-order valence-electron chi connectivity index (χ3n) is 4.07. The molecule has 0 saturated carbocycles. The summed E-state index contributed by atoms with van der Waals surface area (Å²) in [5.41, 5.74) is 8.46. The van der Waals surface area contributed by atoms with Crippen LogP contribution in [-0.2, 0) is 6.54 Å². The number of aromatic amines is 1. The minimum atomic E-state index is -0.253. The Labute approximate surface area is 151 Å². The molecule has 26 heavy (non-hydrogen) atoms. The van der Waals surface area contributed by atoms with Gasteiger partial charge >= 0.3 is 0 Å². The average molecular weight is 357 g/mol. The highest BCUT2D eigenvalue weighted by Crippen LogP contribution is 2.27. The second-order valence-corrected chi connectivity index (χ2v) is 6.40. The quantitative estimate of drug-likeness (QED) is 0.462. The molecule has 0 bridgehead atoms. The molecule has 1 aromatic carbocycles. The fraction of sp³-hybridized carbons (Fsp3) is 0.389. The lowest BCUT2D eigenvalue weighted by Crippen LogP contribution is -2.12. The number of halogens is 1. The number of hydrogen-bond acceptors (Lipinski definition) is 6. The minimum Gasteiger partial charge on any atom is -0.364 e. The molecule has 0 aliphatic carbocycles.